The van der Waals surface area contributed by atoms with Gasteiger partial charge in [0.2, 0.25) is 0 Å². The fourth-order valence-corrected chi connectivity index (χ4v) is 5.67. The Morgan fingerprint density at radius 1 is 0.636 bits per heavy atom. The van der Waals surface area contributed by atoms with Crippen molar-refractivity contribution in [2.45, 2.75) is 25.2 Å². The van der Waals surface area contributed by atoms with Crippen LogP contribution in [0.5, 0.6) is 0 Å². The third kappa shape index (κ3) is 10.7. The van der Waals surface area contributed by atoms with E-state index in [1.807, 2.05) is 36.4 Å². The van der Waals surface area contributed by atoms with Crippen molar-refractivity contribution in [3.8, 4) is 0 Å². The summed E-state index contributed by atoms with van der Waals surface area (Å²) in [5, 5.41) is 0. The summed E-state index contributed by atoms with van der Waals surface area (Å²) in [6, 6.07) is 19.4. The molecule has 0 aliphatic heterocycles. The van der Waals surface area contributed by atoms with E-state index >= 15 is 0 Å². The highest BCUT2D eigenvalue weighted by molar-refractivity contribution is 7.64. The maximum atomic E-state index is 6.21. The first kappa shape index (κ1) is 20.1. The molecule has 0 nitrogen and oxygen atoms in total. The Morgan fingerprint density at radius 2 is 1.00 bits per heavy atom. The van der Waals surface area contributed by atoms with Crippen molar-refractivity contribution in [2.24, 2.45) is 0 Å². The number of halogens is 4. The minimum absolute atomic E-state index is 0.596. The van der Waals surface area contributed by atoms with Gasteiger partial charge in [-0.15, -0.1) is 33.2 Å². The Morgan fingerprint density at radius 3 is 1.32 bits per heavy atom. The second-order valence-corrected chi connectivity index (χ2v) is 21.7. The van der Waals surface area contributed by atoms with Crippen LogP contribution in [0.2, 0.25) is 13.1 Å². The predicted molar refractivity (Wildman–Crippen MR) is 107 cm³/mol. The van der Waals surface area contributed by atoms with Crippen LogP contribution in [0.25, 0.3) is 0 Å². The largest absolute Gasteiger partial charge is 0.345 e. The molecule has 2 aromatic rings. The molecular formula is C16H20Cl4Si2. The quantitative estimate of drug-likeness (QED) is 0.392. The van der Waals surface area contributed by atoms with Crippen LogP contribution in [0.1, 0.15) is 11.1 Å². The van der Waals surface area contributed by atoms with Crippen LogP contribution >= 0.6 is 44.3 Å². The first-order valence-electron chi connectivity index (χ1n) is 6.99. The second-order valence-electron chi connectivity index (χ2n) is 5.66. The Labute approximate surface area is 154 Å². The van der Waals surface area contributed by atoms with Crippen molar-refractivity contribution in [3.63, 3.8) is 0 Å². The molecular weight excluding hydrogens is 390 g/mol. The normalized spacial score (nSPS) is 11.5. The molecule has 6 heteroatoms. The summed E-state index contributed by atoms with van der Waals surface area (Å²) in [5.74, 6) is 0. The zero-order valence-electron chi connectivity index (χ0n) is 12.7. The molecule has 0 radical (unpaired) electrons. The van der Waals surface area contributed by atoms with E-state index in [0.29, 0.717) is 6.04 Å². The maximum absolute atomic E-state index is 6.21. The van der Waals surface area contributed by atoms with E-state index in [9.17, 15) is 0 Å². The molecule has 0 heterocycles. The van der Waals surface area contributed by atoms with Crippen LogP contribution in [0.3, 0.4) is 0 Å². The molecule has 0 fully saturated rings. The van der Waals surface area contributed by atoms with Crippen LogP contribution < -0.4 is 0 Å². The van der Waals surface area contributed by atoms with Gasteiger partial charge in [-0.3, -0.25) is 0 Å². The molecule has 0 N–H and O–H groups in total. The van der Waals surface area contributed by atoms with Crippen molar-refractivity contribution >= 4 is 57.7 Å². The van der Waals surface area contributed by atoms with Crippen LogP contribution in [0.4, 0.5) is 0 Å². The van der Waals surface area contributed by atoms with Gasteiger partial charge >= 0.3 is 6.00 Å². The smallest absolute Gasteiger partial charge is 0.167 e. The molecule has 120 valence electrons. The van der Waals surface area contributed by atoms with Gasteiger partial charge in [0.15, 0.2) is 7.38 Å². The van der Waals surface area contributed by atoms with Gasteiger partial charge in [-0.1, -0.05) is 73.8 Å². The molecule has 0 spiro atoms. The molecule has 22 heavy (non-hydrogen) atoms. The monoisotopic (exact) mass is 408 g/mol. The summed E-state index contributed by atoms with van der Waals surface area (Å²) in [4.78, 5) is 0. The van der Waals surface area contributed by atoms with Crippen molar-refractivity contribution in [3.05, 3.63) is 71.8 Å². The Hall–Kier alpha value is 0.0338. The summed E-state index contributed by atoms with van der Waals surface area (Å²) >= 11 is 23.4. The van der Waals surface area contributed by atoms with E-state index in [-0.39, 0.29) is 0 Å². The van der Waals surface area contributed by atoms with Gasteiger partial charge in [-0.25, -0.2) is 0 Å². The van der Waals surface area contributed by atoms with E-state index in [2.05, 4.69) is 37.4 Å². The summed E-state index contributed by atoms with van der Waals surface area (Å²) < 4.78 is 0. The van der Waals surface area contributed by atoms with E-state index in [4.69, 9.17) is 44.3 Å². The van der Waals surface area contributed by atoms with Crippen molar-refractivity contribution in [1.82, 2.24) is 0 Å². The fraction of sp³-hybridized carbons (Fsp3) is 0.250. The van der Waals surface area contributed by atoms with E-state index < -0.39 is 13.4 Å². The molecule has 0 amide bonds. The molecule has 2 rings (SSSR count). The average molecular weight is 410 g/mol. The van der Waals surface area contributed by atoms with Crippen LogP contribution in [-0.2, 0) is 12.1 Å². The van der Waals surface area contributed by atoms with Crippen LogP contribution in [-0.4, -0.2) is 13.4 Å². The molecule has 0 unspecified atom stereocenters. The molecule has 0 bridgehead atoms. The number of hydrogen-bond donors (Lipinski definition) is 0. The lowest BCUT2D eigenvalue weighted by Crippen LogP contribution is -2.20. The molecule has 0 aliphatic rings. The zero-order valence-corrected chi connectivity index (χ0v) is 17.7. The summed E-state index contributed by atoms with van der Waals surface area (Å²) in [6.07, 6.45) is 0. The summed E-state index contributed by atoms with van der Waals surface area (Å²) in [5.41, 5.74) is 2.46. The third-order valence-corrected chi connectivity index (χ3v) is 6.38. The Kier molecular flexibility index (Phi) is 8.54. The fourth-order valence-electron chi connectivity index (χ4n) is 1.91. The van der Waals surface area contributed by atoms with E-state index in [1.54, 1.807) is 0 Å². The Bertz CT molecular complexity index is 482. The molecule has 2 aromatic carbocycles. The van der Waals surface area contributed by atoms with Gasteiger partial charge in [0.05, 0.1) is 0 Å². The average Bonchev–Trinajstić information content (AvgIpc) is 2.38. The third-order valence-electron chi connectivity index (χ3n) is 2.71. The van der Waals surface area contributed by atoms with Crippen molar-refractivity contribution in [1.29, 1.82) is 0 Å². The number of benzene rings is 2. The van der Waals surface area contributed by atoms with Gasteiger partial charge in [0.25, 0.3) is 0 Å². The van der Waals surface area contributed by atoms with Gasteiger partial charge < -0.3 is 0 Å². The lowest BCUT2D eigenvalue weighted by molar-refractivity contribution is 1.34. The molecule has 0 saturated heterocycles. The van der Waals surface area contributed by atoms with Crippen LogP contribution in [0, 0.1) is 0 Å². The lowest BCUT2D eigenvalue weighted by atomic mass is 10.2. The highest BCUT2D eigenvalue weighted by Crippen LogP contribution is 2.24. The minimum Gasteiger partial charge on any atom is -0.167 e. The van der Waals surface area contributed by atoms with Gasteiger partial charge in [-0.05, 0) is 17.2 Å². The minimum atomic E-state index is -2.48. The first-order valence-corrected chi connectivity index (χ1v) is 16.5. The van der Waals surface area contributed by atoms with Crippen molar-refractivity contribution < 1.29 is 0 Å². The Balaban J connectivity index is 0.000000220. The topological polar surface area (TPSA) is 0 Å². The predicted octanol–water partition coefficient (Wildman–Crippen LogP) is 6.64. The molecule has 0 saturated carbocycles. The van der Waals surface area contributed by atoms with E-state index in [0.717, 1.165) is 11.6 Å². The first-order chi connectivity index (χ1) is 10.2. The highest BCUT2D eigenvalue weighted by Gasteiger charge is 2.24. The lowest BCUT2D eigenvalue weighted by Gasteiger charge is -2.11. The maximum Gasteiger partial charge on any atom is 0.345 e. The molecule has 0 atom stereocenters. The second kappa shape index (κ2) is 9.36. The SMILES string of the molecule is C[Si](C)(Cl)Cc1ccccc1.Cl[Si](Cl)(Cl)Cc1ccccc1. The number of hydrogen-bond acceptors (Lipinski definition) is 0. The standard InChI is InChI=1S/C9H13ClSi.C7H7Cl3Si/c1-11(2,10)8-9-6-4-3-5-7-9;8-11(9,10)6-7-4-2-1-3-5-7/h3-7H,8H2,1-2H3;1-5H,6H2. The van der Waals surface area contributed by atoms with Gasteiger partial charge in [0, 0.05) is 6.04 Å². The zero-order chi connectivity index (χ0) is 16.6. The summed E-state index contributed by atoms with van der Waals surface area (Å²) in [6.45, 7) is 4.34. The number of rotatable bonds is 4. The molecule has 0 aliphatic carbocycles. The van der Waals surface area contributed by atoms with Crippen molar-refractivity contribution in [2.75, 3.05) is 0 Å². The van der Waals surface area contributed by atoms with Crippen LogP contribution in [0.15, 0.2) is 60.7 Å². The van der Waals surface area contributed by atoms with Gasteiger partial charge in [0.1, 0.15) is 0 Å². The summed E-state index contributed by atoms with van der Waals surface area (Å²) in [7, 11) is -1.43. The molecule has 0 aromatic heterocycles. The van der Waals surface area contributed by atoms with E-state index in [1.165, 1.54) is 5.56 Å². The van der Waals surface area contributed by atoms with Gasteiger partial charge in [-0.2, -0.15) is 11.1 Å². The highest BCUT2D eigenvalue weighted by atomic mass is 35.8.